The van der Waals surface area contributed by atoms with Crippen LogP contribution in [0.2, 0.25) is 10.0 Å². The van der Waals surface area contributed by atoms with E-state index in [9.17, 15) is 5.11 Å². The Morgan fingerprint density at radius 2 is 1.89 bits per heavy atom. The largest absolute Gasteiger partial charge is 0.494 e. The number of aliphatic hydroxyl groups excluding tert-OH is 1. The van der Waals surface area contributed by atoms with Crippen LogP contribution in [0.15, 0.2) is 6.07 Å². The van der Waals surface area contributed by atoms with Crippen LogP contribution in [-0.2, 0) is 0 Å². The van der Waals surface area contributed by atoms with Gasteiger partial charge in [-0.3, -0.25) is 0 Å². The van der Waals surface area contributed by atoms with Crippen molar-refractivity contribution in [1.82, 2.24) is 0 Å². The van der Waals surface area contributed by atoms with Gasteiger partial charge >= 0.3 is 0 Å². The normalized spacial score (nSPS) is 23.2. The average molecular weight is 304 g/mol. The number of benzene rings is 1. The minimum absolute atomic E-state index is 0.158. The maximum atomic E-state index is 9.53. The zero-order valence-electron chi connectivity index (χ0n) is 11.2. The molecule has 3 nitrogen and oxygen atoms in total. The van der Waals surface area contributed by atoms with E-state index in [1.165, 1.54) is 0 Å². The Hall–Kier alpha value is -0.640. The molecule has 1 aliphatic rings. The van der Waals surface area contributed by atoms with E-state index in [2.05, 4.69) is 5.32 Å². The second kappa shape index (κ2) is 6.21. The quantitative estimate of drug-likeness (QED) is 0.886. The van der Waals surface area contributed by atoms with Crippen molar-refractivity contribution in [3.63, 3.8) is 0 Å². The molecular formula is C14H19Cl2NO2. The molecule has 1 saturated carbocycles. The van der Waals surface area contributed by atoms with Crippen molar-refractivity contribution in [3.05, 3.63) is 21.7 Å². The minimum atomic E-state index is -0.158. The lowest BCUT2D eigenvalue weighted by Gasteiger charge is -2.28. The first-order chi connectivity index (χ1) is 9.02. The van der Waals surface area contributed by atoms with E-state index in [4.69, 9.17) is 27.9 Å². The number of halogens is 2. The van der Waals surface area contributed by atoms with Gasteiger partial charge in [0.25, 0.3) is 0 Å². The molecule has 0 aromatic heterocycles. The highest BCUT2D eigenvalue weighted by Crippen LogP contribution is 2.41. The van der Waals surface area contributed by atoms with Crippen LogP contribution in [0.3, 0.4) is 0 Å². The summed E-state index contributed by atoms with van der Waals surface area (Å²) in [5.74, 6) is 0.507. The van der Waals surface area contributed by atoms with Crippen molar-refractivity contribution in [2.75, 3.05) is 12.4 Å². The molecule has 2 rings (SSSR count). The third-order valence-electron chi connectivity index (χ3n) is 3.62. The van der Waals surface area contributed by atoms with Crippen LogP contribution in [0.1, 0.15) is 31.2 Å². The van der Waals surface area contributed by atoms with Gasteiger partial charge in [-0.2, -0.15) is 0 Å². The van der Waals surface area contributed by atoms with Crippen molar-refractivity contribution in [3.8, 4) is 5.75 Å². The summed E-state index contributed by atoms with van der Waals surface area (Å²) in [6, 6.07) is 2.19. The zero-order chi connectivity index (χ0) is 14.0. The lowest BCUT2D eigenvalue weighted by molar-refractivity contribution is 0.126. The van der Waals surface area contributed by atoms with E-state index in [-0.39, 0.29) is 6.10 Å². The summed E-state index contributed by atoms with van der Waals surface area (Å²) in [7, 11) is 1.56. The van der Waals surface area contributed by atoms with Crippen LogP contribution >= 0.6 is 23.2 Å². The summed E-state index contributed by atoms with van der Waals surface area (Å²) in [6.45, 7) is 1.97. The molecule has 2 N–H and O–H groups in total. The van der Waals surface area contributed by atoms with Gasteiger partial charge < -0.3 is 15.2 Å². The number of nitrogens with one attached hydrogen (secondary N) is 1. The number of hydrogen-bond donors (Lipinski definition) is 2. The molecule has 0 atom stereocenters. The monoisotopic (exact) mass is 303 g/mol. The highest BCUT2D eigenvalue weighted by molar-refractivity contribution is 6.39. The minimum Gasteiger partial charge on any atom is -0.494 e. The molecule has 0 amide bonds. The molecule has 0 bridgehead atoms. The van der Waals surface area contributed by atoms with Gasteiger partial charge in [-0.15, -0.1) is 0 Å². The van der Waals surface area contributed by atoms with E-state index in [1.807, 2.05) is 13.0 Å². The van der Waals surface area contributed by atoms with Crippen molar-refractivity contribution in [2.24, 2.45) is 0 Å². The summed E-state index contributed by atoms with van der Waals surface area (Å²) in [6.07, 6.45) is 3.40. The lowest BCUT2D eigenvalue weighted by atomic mass is 9.93. The predicted molar refractivity (Wildman–Crippen MR) is 79.6 cm³/mol. The van der Waals surface area contributed by atoms with Gasteiger partial charge in [-0.05, 0) is 44.2 Å². The summed E-state index contributed by atoms with van der Waals surface area (Å²) < 4.78 is 5.23. The number of aliphatic hydroxyl groups is 1. The fraction of sp³-hybridized carbons (Fsp3) is 0.571. The van der Waals surface area contributed by atoms with Crippen molar-refractivity contribution in [1.29, 1.82) is 0 Å². The molecule has 1 aliphatic carbocycles. The molecular weight excluding hydrogens is 285 g/mol. The predicted octanol–water partition coefficient (Wildman–Crippen LogP) is 4.03. The Morgan fingerprint density at radius 3 is 2.47 bits per heavy atom. The molecule has 106 valence electrons. The van der Waals surface area contributed by atoms with E-state index in [1.54, 1.807) is 7.11 Å². The Kier molecular flexibility index (Phi) is 4.82. The Bertz CT molecular complexity index is 457. The van der Waals surface area contributed by atoms with E-state index < -0.39 is 0 Å². The standard InChI is InChI=1S/C14H19Cl2NO2/c1-8-7-11(15)14(19-2)12(16)13(8)17-9-3-5-10(18)6-4-9/h7,9-10,17-18H,3-6H2,1-2H3. The van der Waals surface area contributed by atoms with Crippen LogP contribution in [-0.4, -0.2) is 24.4 Å². The second-order valence-electron chi connectivity index (χ2n) is 5.05. The van der Waals surface area contributed by atoms with Crippen LogP contribution in [0, 0.1) is 6.92 Å². The topological polar surface area (TPSA) is 41.5 Å². The second-order valence-corrected chi connectivity index (χ2v) is 5.83. The van der Waals surface area contributed by atoms with E-state index >= 15 is 0 Å². The van der Waals surface area contributed by atoms with Gasteiger partial charge in [-0.25, -0.2) is 0 Å². The highest BCUT2D eigenvalue weighted by Gasteiger charge is 2.22. The summed E-state index contributed by atoms with van der Waals surface area (Å²) in [5, 5.41) is 14.0. The first-order valence-electron chi connectivity index (χ1n) is 6.50. The number of rotatable bonds is 3. The van der Waals surface area contributed by atoms with Gasteiger partial charge in [-0.1, -0.05) is 23.2 Å². The molecule has 19 heavy (non-hydrogen) atoms. The number of methoxy groups -OCH3 is 1. The molecule has 1 fully saturated rings. The molecule has 0 aliphatic heterocycles. The van der Waals surface area contributed by atoms with E-state index in [0.717, 1.165) is 36.9 Å². The molecule has 0 unspecified atom stereocenters. The van der Waals surface area contributed by atoms with Crippen LogP contribution in [0.5, 0.6) is 5.75 Å². The Balaban J connectivity index is 2.20. The van der Waals surface area contributed by atoms with E-state index in [0.29, 0.717) is 21.8 Å². The zero-order valence-corrected chi connectivity index (χ0v) is 12.7. The molecule has 5 heteroatoms. The smallest absolute Gasteiger partial charge is 0.158 e. The van der Waals surface area contributed by atoms with Gasteiger partial charge in [0, 0.05) is 6.04 Å². The van der Waals surface area contributed by atoms with Gasteiger partial charge in [0.1, 0.15) is 5.02 Å². The molecule has 1 aromatic rings. The van der Waals surface area contributed by atoms with Crippen molar-refractivity contribution < 1.29 is 9.84 Å². The number of hydrogen-bond acceptors (Lipinski definition) is 3. The summed E-state index contributed by atoms with van der Waals surface area (Å²) >= 11 is 12.4. The Labute approximate surface area is 123 Å². The van der Waals surface area contributed by atoms with Crippen LogP contribution in [0.4, 0.5) is 5.69 Å². The highest BCUT2D eigenvalue weighted by atomic mass is 35.5. The van der Waals surface area contributed by atoms with Gasteiger partial charge in [0.15, 0.2) is 5.75 Å². The van der Waals surface area contributed by atoms with Crippen molar-refractivity contribution >= 4 is 28.9 Å². The average Bonchev–Trinajstić information content (AvgIpc) is 2.37. The summed E-state index contributed by atoms with van der Waals surface area (Å²) in [5.41, 5.74) is 1.88. The van der Waals surface area contributed by atoms with Gasteiger partial charge in [0.2, 0.25) is 0 Å². The first kappa shape index (κ1) is 14.8. The third-order valence-corrected chi connectivity index (χ3v) is 4.26. The Morgan fingerprint density at radius 1 is 1.26 bits per heavy atom. The third kappa shape index (κ3) is 3.28. The molecule has 0 radical (unpaired) electrons. The van der Waals surface area contributed by atoms with Gasteiger partial charge in [0.05, 0.1) is 23.9 Å². The SMILES string of the molecule is COc1c(Cl)cc(C)c(NC2CCC(O)CC2)c1Cl. The fourth-order valence-corrected chi connectivity index (χ4v) is 3.27. The maximum absolute atomic E-state index is 9.53. The summed E-state index contributed by atoms with van der Waals surface area (Å²) in [4.78, 5) is 0. The first-order valence-corrected chi connectivity index (χ1v) is 7.25. The number of anilines is 1. The molecule has 1 aromatic carbocycles. The van der Waals surface area contributed by atoms with Crippen molar-refractivity contribution in [2.45, 2.75) is 44.8 Å². The maximum Gasteiger partial charge on any atom is 0.158 e. The number of ether oxygens (including phenoxy) is 1. The molecule has 0 heterocycles. The lowest BCUT2D eigenvalue weighted by Crippen LogP contribution is -2.28. The molecule has 0 saturated heterocycles. The fourth-order valence-electron chi connectivity index (χ4n) is 2.51. The number of aryl methyl sites for hydroxylation is 1. The molecule has 0 spiro atoms. The van der Waals surface area contributed by atoms with Crippen LogP contribution < -0.4 is 10.1 Å². The van der Waals surface area contributed by atoms with Crippen LogP contribution in [0.25, 0.3) is 0 Å².